The number of hydrogen-bond acceptors (Lipinski definition) is 2. The van der Waals surface area contributed by atoms with Gasteiger partial charge in [0, 0.05) is 10.9 Å². The van der Waals surface area contributed by atoms with Crippen molar-refractivity contribution in [2.45, 2.75) is 39.7 Å². The normalized spacial score (nSPS) is 13.1. The minimum Gasteiger partial charge on any atom is -0.309 e. The van der Waals surface area contributed by atoms with E-state index in [4.69, 9.17) is 11.6 Å². The summed E-state index contributed by atoms with van der Waals surface area (Å²) >= 11 is 7.76. The molecule has 0 spiro atoms. The second kappa shape index (κ2) is 5.74. The molecule has 0 saturated carbocycles. The quantitative estimate of drug-likeness (QED) is 0.803. The van der Waals surface area contributed by atoms with E-state index in [-0.39, 0.29) is 0 Å². The fourth-order valence-corrected chi connectivity index (χ4v) is 2.80. The van der Waals surface area contributed by atoms with Crippen LogP contribution in [0, 0.1) is 6.92 Å². The van der Waals surface area contributed by atoms with Crippen LogP contribution < -0.4 is 5.32 Å². The Hall–Kier alpha value is -0.0500. The SMILES string of the molecule is CCCNC(CC)c1cc(C)c(Cl)s1. The first-order valence-corrected chi connectivity index (χ1v) is 6.37. The van der Waals surface area contributed by atoms with E-state index in [0.717, 1.165) is 17.3 Å². The maximum atomic E-state index is 6.06. The van der Waals surface area contributed by atoms with Crippen LogP contribution in [-0.2, 0) is 0 Å². The largest absolute Gasteiger partial charge is 0.309 e. The summed E-state index contributed by atoms with van der Waals surface area (Å²) < 4.78 is 0.928. The van der Waals surface area contributed by atoms with Crippen LogP contribution in [0.3, 0.4) is 0 Å². The van der Waals surface area contributed by atoms with Crippen LogP contribution in [-0.4, -0.2) is 6.54 Å². The summed E-state index contributed by atoms with van der Waals surface area (Å²) in [5, 5.41) is 3.53. The van der Waals surface area contributed by atoms with Gasteiger partial charge in [-0.25, -0.2) is 0 Å². The number of nitrogens with one attached hydrogen (secondary N) is 1. The fraction of sp³-hybridized carbons (Fsp3) is 0.636. The van der Waals surface area contributed by atoms with E-state index < -0.39 is 0 Å². The molecule has 80 valence electrons. The highest BCUT2D eigenvalue weighted by Crippen LogP contribution is 2.32. The molecule has 1 rings (SSSR count). The summed E-state index contributed by atoms with van der Waals surface area (Å²) in [6.45, 7) is 7.53. The lowest BCUT2D eigenvalue weighted by Crippen LogP contribution is -2.20. The Morgan fingerprint density at radius 1 is 1.50 bits per heavy atom. The molecule has 1 N–H and O–H groups in total. The van der Waals surface area contributed by atoms with Crippen molar-refractivity contribution in [2.75, 3.05) is 6.54 Å². The molecule has 1 aromatic rings. The van der Waals surface area contributed by atoms with Crippen molar-refractivity contribution in [3.63, 3.8) is 0 Å². The second-order valence-corrected chi connectivity index (χ2v) is 5.21. The van der Waals surface area contributed by atoms with Gasteiger partial charge in [0.25, 0.3) is 0 Å². The highest BCUT2D eigenvalue weighted by molar-refractivity contribution is 7.16. The molecule has 3 heteroatoms. The van der Waals surface area contributed by atoms with Gasteiger partial charge in [-0.15, -0.1) is 11.3 Å². The molecule has 0 aliphatic carbocycles. The third-order valence-electron chi connectivity index (χ3n) is 2.27. The van der Waals surface area contributed by atoms with Gasteiger partial charge in [-0.3, -0.25) is 0 Å². The first-order valence-electron chi connectivity index (χ1n) is 5.18. The van der Waals surface area contributed by atoms with E-state index in [1.165, 1.54) is 16.9 Å². The van der Waals surface area contributed by atoms with Crippen LogP contribution in [0.25, 0.3) is 0 Å². The first-order chi connectivity index (χ1) is 6.69. The van der Waals surface area contributed by atoms with Gasteiger partial charge in [0.05, 0.1) is 4.34 Å². The summed E-state index contributed by atoms with van der Waals surface area (Å²) in [6.07, 6.45) is 2.30. The molecular formula is C11H18ClNS. The molecule has 1 unspecified atom stereocenters. The van der Waals surface area contributed by atoms with Gasteiger partial charge in [-0.05, 0) is 37.9 Å². The van der Waals surface area contributed by atoms with Crippen LogP contribution in [0.5, 0.6) is 0 Å². The van der Waals surface area contributed by atoms with E-state index in [1.807, 2.05) is 0 Å². The molecule has 0 radical (unpaired) electrons. The number of rotatable bonds is 5. The van der Waals surface area contributed by atoms with Gasteiger partial charge in [-0.2, -0.15) is 0 Å². The number of halogens is 1. The third-order valence-corrected chi connectivity index (χ3v) is 3.94. The molecule has 0 bridgehead atoms. The minimum absolute atomic E-state index is 0.478. The molecule has 1 heterocycles. The van der Waals surface area contributed by atoms with E-state index >= 15 is 0 Å². The maximum absolute atomic E-state index is 6.06. The molecular weight excluding hydrogens is 214 g/mol. The molecule has 1 nitrogen and oxygen atoms in total. The van der Waals surface area contributed by atoms with Crippen molar-refractivity contribution >= 4 is 22.9 Å². The van der Waals surface area contributed by atoms with Crippen LogP contribution in [0.2, 0.25) is 4.34 Å². The minimum atomic E-state index is 0.478. The Morgan fingerprint density at radius 3 is 2.64 bits per heavy atom. The van der Waals surface area contributed by atoms with Gasteiger partial charge in [0.1, 0.15) is 0 Å². The van der Waals surface area contributed by atoms with E-state index in [9.17, 15) is 0 Å². The standard InChI is InChI=1S/C11H18ClNS/c1-4-6-13-9(5-2)10-7-8(3)11(12)14-10/h7,9,13H,4-6H2,1-3H3. The summed E-state index contributed by atoms with van der Waals surface area (Å²) in [5.41, 5.74) is 1.20. The lowest BCUT2D eigenvalue weighted by molar-refractivity contribution is 0.525. The summed E-state index contributed by atoms with van der Waals surface area (Å²) in [4.78, 5) is 1.36. The molecule has 0 amide bonds. The van der Waals surface area contributed by atoms with Crippen LogP contribution in [0.4, 0.5) is 0 Å². The lowest BCUT2D eigenvalue weighted by Gasteiger charge is -2.14. The third kappa shape index (κ3) is 2.97. The first kappa shape index (κ1) is 12.0. The Balaban J connectivity index is 2.68. The van der Waals surface area contributed by atoms with Crippen molar-refractivity contribution in [1.82, 2.24) is 5.32 Å². The number of thiophene rings is 1. The highest BCUT2D eigenvalue weighted by Gasteiger charge is 2.12. The maximum Gasteiger partial charge on any atom is 0.0960 e. The molecule has 0 aliphatic rings. The zero-order valence-electron chi connectivity index (χ0n) is 9.06. The van der Waals surface area contributed by atoms with Crippen molar-refractivity contribution in [1.29, 1.82) is 0 Å². The van der Waals surface area contributed by atoms with E-state index in [0.29, 0.717) is 6.04 Å². The predicted octanol–water partition coefficient (Wildman–Crippen LogP) is 4.16. The van der Waals surface area contributed by atoms with Crippen molar-refractivity contribution in [3.8, 4) is 0 Å². The summed E-state index contributed by atoms with van der Waals surface area (Å²) in [7, 11) is 0. The average molecular weight is 232 g/mol. The van der Waals surface area contributed by atoms with Gasteiger partial charge >= 0.3 is 0 Å². The number of hydrogen-bond donors (Lipinski definition) is 1. The van der Waals surface area contributed by atoms with Crippen LogP contribution in [0.15, 0.2) is 6.07 Å². The van der Waals surface area contributed by atoms with E-state index in [1.54, 1.807) is 11.3 Å². The smallest absolute Gasteiger partial charge is 0.0960 e. The van der Waals surface area contributed by atoms with Crippen molar-refractivity contribution in [2.24, 2.45) is 0 Å². The summed E-state index contributed by atoms with van der Waals surface area (Å²) in [5.74, 6) is 0. The Bertz CT molecular complexity index is 263. The molecule has 1 atom stereocenters. The second-order valence-electron chi connectivity index (χ2n) is 3.52. The van der Waals surface area contributed by atoms with Crippen LogP contribution >= 0.6 is 22.9 Å². The van der Waals surface area contributed by atoms with Gasteiger partial charge < -0.3 is 5.32 Å². The van der Waals surface area contributed by atoms with Gasteiger partial charge in [-0.1, -0.05) is 25.4 Å². The molecule has 1 aromatic heterocycles. The summed E-state index contributed by atoms with van der Waals surface area (Å²) in [6, 6.07) is 2.68. The zero-order chi connectivity index (χ0) is 10.6. The molecule has 0 aromatic carbocycles. The highest BCUT2D eigenvalue weighted by atomic mass is 35.5. The molecule has 0 fully saturated rings. The van der Waals surface area contributed by atoms with E-state index in [2.05, 4.69) is 32.2 Å². The Morgan fingerprint density at radius 2 is 2.21 bits per heavy atom. The Kier molecular flexibility index (Phi) is 4.93. The molecule has 0 saturated heterocycles. The van der Waals surface area contributed by atoms with Gasteiger partial charge in [0.15, 0.2) is 0 Å². The topological polar surface area (TPSA) is 12.0 Å². The van der Waals surface area contributed by atoms with Crippen molar-refractivity contribution in [3.05, 3.63) is 20.8 Å². The van der Waals surface area contributed by atoms with Gasteiger partial charge in [0.2, 0.25) is 0 Å². The number of aryl methyl sites for hydroxylation is 1. The molecule has 14 heavy (non-hydrogen) atoms. The zero-order valence-corrected chi connectivity index (χ0v) is 10.6. The monoisotopic (exact) mass is 231 g/mol. The lowest BCUT2D eigenvalue weighted by atomic mass is 10.1. The average Bonchev–Trinajstić information content (AvgIpc) is 2.48. The van der Waals surface area contributed by atoms with Crippen LogP contribution in [0.1, 0.15) is 43.2 Å². The predicted molar refractivity (Wildman–Crippen MR) is 65.4 cm³/mol. The van der Waals surface area contributed by atoms with Crippen molar-refractivity contribution < 1.29 is 0 Å². The molecule has 0 aliphatic heterocycles. The Labute approximate surface area is 95.5 Å². The fourth-order valence-electron chi connectivity index (χ4n) is 1.42.